The van der Waals surface area contributed by atoms with Crippen molar-refractivity contribution in [1.82, 2.24) is 5.32 Å². The number of aryl methyl sites for hydroxylation is 1. The average Bonchev–Trinajstić information content (AvgIpc) is 2.42. The van der Waals surface area contributed by atoms with Crippen LogP contribution in [0.5, 0.6) is 0 Å². The molecule has 1 unspecified atom stereocenters. The number of hydrogen-bond donors (Lipinski definition) is 1. The average molecular weight is 292 g/mol. The summed E-state index contributed by atoms with van der Waals surface area (Å²) >= 11 is 5.88. The summed E-state index contributed by atoms with van der Waals surface area (Å²) in [5.41, 5.74) is 3.40. The Morgan fingerprint density at radius 3 is 2.50 bits per heavy atom. The second-order valence-electron chi connectivity index (χ2n) is 5.05. The van der Waals surface area contributed by atoms with Crippen LogP contribution in [0.2, 0.25) is 5.02 Å². The van der Waals surface area contributed by atoms with Crippen LogP contribution in [0.15, 0.2) is 42.5 Å². The summed E-state index contributed by atoms with van der Waals surface area (Å²) in [7, 11) is 0. The van der Waals surface area contributed by atoms with E-state index < -0.39 is 0 Å². The molecule has 1 N–H and O–H groups in total. The van der Waals surface area contributed by atoms with E-state index in [1.165, 1.54) is 17.2 Å². The molecular formula is C17H19ClFN. The number of rotatable bonds is 5. The van der Waals surface area contributed by atoms with Gasteiger partial charge in [-0.25, -0.2) is 4.39 Å². The van der Waals surface area contributed by atoms with Crippen molar-refractivity contribution < 1.29 is 4.39 Å². The van der Waals surface area contributed by atoms with Crippen LogP contribution in [0.25, 0.3) is 0 Å². The highest BCUT2D eigenvalue weighted by Gasteiger charge is 2.05. The normalized spacial score (nSPS) is 12.4. The summed E-state index contributed by atoms with van der Waals surface area (Å²) in [6, 6.07) is 13.1. The molecule has 0 amide bonds. The predicted octanol–water partition coefficient (Wildman–Crippen LogP) is 4.68. The Balaban J connectivity index is 1.87. The van der Waals surface area contributed by atoms with Gasteiger partial charge in [0.1, 0.15) is 5.82 Å². The molecule has 0 radical (unpaired) electrons. The molecule has 1 nitrogen and oxygen atoms in total. The third kappa shape index (κ3) is 4.06. The van der Waals surface area contributed by atoms with Crippen LogP contribution in [-0.2, 0) is 6.42 Å². The van der Waals surface area contributed by atoms with Gasteiger partial charge in [-0.2, -0.15) is 0 Å². The second kappa shape index (κ2) is 6.87. The molecule has 3 heteroatoms. The molecular weight excluding hydrogens is 273 g/mol. The molecule has 20 heavy (non-hydrogen) atoms. The smallest absolute Gasteiger partial charge is 0.123 e. The summed E-state index contributed by atoms with van der Waals surface area (Å²) in [4.78, 5) is 0. The van der Waals surface area contributed by atoms with Crippen molar-refractivity contribution >= 4 is 11.6 Å². The van der Waals surface area contributed by atoms with Crippen LogP contribution < -0.4 is 5.32 Å². The van der Waals surface area contributed by atoms with E-state index in [-0.39, 0.29) is 11.9 Å². The Labute approximate surface area is 124 Å². The summed E-state index contributed by atoms with van der Waals surface area (Å²) in [5.74, 6) is -0.172. The number of hydrogen-bond acceptors (Lipinski definition) is 1. The maximum absolute atomic E-state index is 13.0. The van der Waals surface area contributed by atoms with Crippen LogP contribution in [0.3, 0.4) is 0 Å². The number of halogens is 2. The first-order chi connectivity index (χ1) is 9.56. The lowest BCUT2D eigenvalue weighted by molar-refractivity contribution is 0.575. The minimum absolute atomic E-state index is 0.172. The van der Waals surface area contributed by atoms with Crippen molar-refractivity contribution in [3.05, 3.63) is 70.0 Å². The van der Waals surface area contributed by atoms with E-state index in [1.54, 1.807) is 6.07 Å². The highest BCUT2D eigenvalue weighted by Crippen LogP contribution is 2.16. The Bertz CT molecular complexity index is 566. The summed E-state index contributed by atoms with van der Waals surface area (Å²) in [6.45, 7) is 4.93. The third-order valence-corrected chi connectivity index (χ3v) is 3.77. The van der Waals surface area contributed by atoms with Crippen molar-refractivity contribution in [2.24, 2.45) is 0 Å². The molecule has 2 aromatic rings. The number of nitrogens with one attached hydrogen (secondary N) is 1. The Morgan fingerprint density at radius 1 is 1.15 bits per heavy atom. The summed E-state index contributed by atoms with van der Waals surface area (Å²) < 4.78 is 13.0. The molecule has 0 saturated carbocycles. The van der Waals surface area contributed by atoms with Crippen molar-refractivity contribution in [2.45, 2.75) is 26.3 Å². The lowest BCUT2D eigenvalue weighted by Crippen LogP contribution is -2.21. The van der Waals surface area contributed by atoms with Crippen LogP contribution in [0.4, 0.5) is 4.39 Å². The molecule has 106 valence electrons. The van der Waals surface area contributed by atoms with E-state index in [0.717, 1.165) is 23.6 Å². The molecule has 0 fully saturated rings. The zero-order chi connectivity index (χ0) is 14.5. The molecule has 0 bridgehead atoms. The van der Waals surface area contributed by atoms with Gasteiger partial charge in [0.05, 0.1) is 0 Å². The third-order valence-electron chi connectivity index (χ3n) is 3.52. The topological polar surface area (TPSA) is 12.0 Å². The largest absolute Gasteiger partial charge is 0.310 e. The monoisotopic (exact) mass is 291 g/mol. The fraction of sp³-hybridized carbons (Fsp3) is 0.294. The van der Waals surface area contributed by atoms with Gasteiger partial charge in [0, 0.05) is 11.1 Å². The molecule has 0 aliphatic rings. The minimum Gasteiger partial charge on any atom is -0.310 e. The highest BCUT2D eigenvalue weighted by molar-refractivity contribution is 6.30. The zero-order valence-electron chi connectivity index (χ0n) is 11.8. The first-order valence-electron chi connectivity index (χ1n) is 6.80. The maximum atomic E-state index is 13.0. The Kier molecular flexibility index (Phi) is 5.16. The Hall–Kier alpha value is -1.38. The summed E-state index contributed by atoms with van der Waals surface area (Å²) in [5, 5.41) is 4.22. The van der Waals surface area contributed by atoms with Gasteiger partial charge in [-0.15, -0.1) is 0 Å². The molecule has 0 aliphatic carbocycles. The second-order valence-corrected chi connectivity index (χ2v) is 5.48. The minimum atomic E-state index is -0.172. The highest BCUT2D eigenvalue weighted by atomic mass is 35.5. The van der Waals surface area contributed by atoms with Crippen molar-refractivity contribution in [1.29, 1.82) is 0 Å². The van der Waals surface area contributed by atoms with Crippen molar-refractivity contribution in [3.8, 4) is 0 Å². The quantitative estimate of drug-likeness (QED) is 0.843. The molecule has 2 aromatic carbocycles. The zero-order valence-corrected chi connectivity index (χ0v) is 12.5. The summed E-state index contributed by atoms with van der Waals surface area (Å²) in [6.07, 6.45) is 0.893. The van der Waals surface area contributed by atoms with Crippen molar-refractivity contribution in [2.75, 3.05) is 6.54 Å². The first-order valence-corrected chi connectivity index (χ1v) is 7.18. The fourth-order valence-electron chi connectivity index (χ4n) is 2.23. The van der Waals surface area contributed by atoms with Crippen LogP contribution in [0, 0.1) is 12.7 Å². The van der Waals surface area contributed by atoms with Gasteiger partial charge in [0.2, 0.25) is 0 Å². The molecule has 1 atom stereocenters. The first kappa shape index (κ1) is 15.0. The van der Waals surface area contributed by atoms with Gasteiger partial charge in [0.15, 0.2) is 0 Å². The van der Waals surface area contributed by atoms with Crippen molar-refractivity contribution in [3.63, 3.8) is 0 Å². The molecule has 2 rings (SSSR count). The molecule has 0 spiro atoms. The van der Waals surface area contributed by atoms with E-state index in [1.807, 2.05) is 37.3 Å². The van der Waals surface area contributed by atoms with E-state index in [2.05, 4.69) is 12.2 Å². The molecule has 0 aliphatic heterocycles. The van der Waals surface area contributed by atoms with Gasteiger partial charge in [-0.3, -0.25) is 0 Å². The van der Waals surface area contributed by atoms with E-state index >= 15 is 0 Å². The molecule has 0 saturated heterocycles. The predicted molar refractivity (Wildman–Crippen MR) is 82.7 cm³/mol. The van der Waals surface area contributed by atoms with Crippen LogP contribution in [0.1, 0.15) is 29.7 Å². The fourth-order valence-corrected chi connectivity index (χ4v) is 2.36. The Morgan fingerprint density at radius 2 is 1.85 bits per heavy atom. The van der Waals surface area contributed by atoms with E-state index in [4.69, 9.17) is 11.6 Å². The lowest BCUT2D eigenvalue weighted by Gasteiger charge is -2.15. The number of benzene rings is 2. The SMILES string of the molecule is Cc1cc(F)ccc1CCNC(C)c1ccc(Cl)cc1. The lowest BCUT2D eigenvalue weighted by atomic mass is 10.0. The molecule has 0 heterocycles. The maximum Gasteiger partial charge on any atom is 0.123 e. The van der Waals surface area contributed by atoms with Gasteiger partial charge in [-0.1, -0.05) is 29.8 Å². The van der Waals surface area contributed by atoms with Gasteiger partial charge < -0.3 is 5.32 Å². The standard InChI is InChI=1S/C17H19ClFN/c1-12-11-17(19)8-5-14(12)9-10-20-13(2)15-3-6-16(18)7-4-15/h3-8,11,13,20H,9-10H2,1-2H3. The van der Waals surface area contributed by atoms with Crippen LogP contribution >= 0.6 is 11.6 Å². The molecule has 0 aromatic heterocycles. The van der Waals surface area contributed by atoms with Gasteiger partial charge in [-0.05, 0) is 67.8 Å². The van der Waals surface area contributed by atoms with E-state index in [0.29, 0.717) is 0 Å². The van der Waals surface area contributed by atoms with Gasteiger partial charge in [0.25, 0.3) is 0 Å². The van der Waals surface area contributed by atoms with Crippen LogP contribution in [-0.4, -0.2) is 6.54 Å². The van der Waals surface area contributed by atoms with Gasteiger partial charge >= 0.3 is 0 Å². The van der Waals surface area contributed by atoms with E-state index in [9.17, 15) is 4.39 Å².